The highest BCUT2D eigenvalue weighted by Crippen LogP contribution is 2.35. The van der Waals surface area contributed by atoms with E-state index in [9.17, 15) is 13.2 Å². The molecule has 1 N–H and O–H groups in total. The average Bonchev–Trinajstić information content (AvgIpc) is 3.16. The molecule has 0 spiro atoms. The van der Waals surface area contributed by atoms with Crippen molar-refractivity contribution in [2.45, 2.75) is 36.6 Å². The van der Waals surface area contributed by atoms with Crippen LogP contribution in [0.4, 0.5) is 0 Å². The number of morpholine rings is 1. The van der Waals surface area contributed by atoms with Gasteiger partial charge in [-0.05, 0) is 47.6 Å². The van der Waals surface area contributed by atoms with Gasteiger partial charge in [0.05, 0.1) is 18.1 Å². The van der Waals surface area contributed by atoms with Crippen LogP contribution < -0.4 is 5.32 Å². The van der Waals surface area contributed by atoms with Crippen molar-refractivity contribution >= 4 is 15.9 Å². The predicted octanol–water partition coefficient (Wildman–Crippen LogP) is 2.44. The molecule has 4 rings (SSSR count). The Bertz CT molecular complexity index is 967. The number of carbonyl (C=O) groups is 1. The number of ether oxygens (including phenoxy) is 1. The predicted molar refractivity (Wildman–Crippen MR) is 110 cm³/mol. The van der Waals surface area contributed by atoms with Crippen molar-refractivity contribution in [1.82, 2.24) is 9.62 Å². The molecule has 0 radical (unpaired) electrons. The highest BCUT2D eigenvalue weighted by atomic mass is 32.2. The summed E-state index contributed by atoms with van der Waals surface area (Å²) in [6.45, 7) is 2.00. The molecular weight excluding hydrogens is 388 g/mol. The first-order chi connectivity index (χ1) is 14.0. The number of sulfonamides is 1. The molecule has 2 aromatic carbocycles. The summed E-state index contributed by atoms with van der Waals surface area (Å²) in [5, 5.41) is 2.96. The van der Waals surface area contributed by atoms with Crippen LogP contribution in [-0.2, 0) is 32.5 Å². The molecule has 1 aliphatic carbocycles. The first-order valence-electron chi connectivity index (χ1n) is 10.1. The molecule has 1 saturated heterocycles. The van der Waals surface area contributed by atoms with Gasteiger partial charge >= 0.3 is 0 Å². The van der Waals surface area contributed by atoms with E-state index in [2.05, 4.69) is 17.4 Å². The lowest BCUT2D eigenvalue weighted by Crippen LogP contribution is -2.40. The largest absolute Gasteiger partial charge is 0.379 e. The quantitative estimate of drug-likeness (QED) is 0.788. The molecule has 2 aromatic rings. The lowest BCUT2D eigenvalue weighted by molar-refractivity contribution is -0.121. The normalized spacial score (nSPS) is 19.7. The van der Waals surface area contributed by atoms with E-state index in [-0.39, 0.29) is 16.7 Å². The minimum Gasteiger partial charge on any atom is -0.379 e. The second kappa shape index (κ2) is 8.65. The summed E-state index contributed by atoms with van der Waals surface area (Å²) in [7, 11) is -3.49. The van der Waals surface area contributed by atoms with Crippen LogP contribution in [0, 0.1) is 0 Å². The van der Waals surface area contributed by atoms with Gasteiger partial charge in [0.2, 0.25) is 15.9 Å². The minimum absolute atomic E-state index is 0.0247. The monoisotopic (exact) mass is 414 g/mol. The van der Waals surface area contributed by atoms with Crippen molar-refractivity contribution < 1.29 is 17.9 Å². The van der Waals surface area contributed by atoms with E-state index in [4.69, 9.17) is 4.74 Å². The van der Waals surface area contributed by atoms with E-state index in [1.807, 2.05) is 12.1 Å². The molecule has 1 amide bonds. The molecule has 2 aliphatic rings. The molecule has 154 valence electrons. The summed E-state index contributed by atoms with van der Waals surface area (Å²) in [4.78, 5) is 12.7. The first kappa shape index (κ1) is 20.1. The van der Waals surface area contributed by atoms with E-state index in [0.717, 1.165) is 18.4 Å². The number of nitrogens with one attached hydrogen (secondary N) is 1. The highest BCUT2D eigenvalue weighted by Gasteiger charge is 2.26. The van der Waals surface area contributed by atoms with Crippen molar-refractivity contribution in [3.05, 3.63) is 65.2 Å². The third kappa shape index (κ3) is 4.52. The number of hydrogen-bond acceptors (Lipinski definition) is 4. The number of fused-ring (bicyclic) bond motifs is 1. The number of aryl methyl sites for hydroxylation is 1. The van der Waals surface area contributed by atoms with Gasteiger partial charge in [-0.2, -0.15) is 4.31 Å². The van der Waals surface area contributed by atoms with Gasteiger partial charge < -0.3 is 10.1 Å². The van der Waals surface area contributed by atoms with Crippen LogP contribution in [-0.4, -0.2) is 44.9 Å². The lowest BCUT2D eigenvalue weighted by atomic mass is 9.97. The summed E-state index contributed by atoms with van der Waals surface area (Å²) in [5.74, 6) is 0.309. The van der Waals surface area contributed by atoms with Crippen molar-refractivity contribution in [3.8, 4) is 0 Å². The maximum Gasteiger partial charge on any atom is 0.243 e. The summed E-state index contributed by atoms with van der Waals surface area (Å²) < 4.78 is 32.0. The van der Waals surface area contributed by atoms with Crippen LogP contribution in [0.15, 0.2) is 53.4 Å². The van der Waals surface area contributed by atoms with Crippen molar-refractivity contribution in [3.63, 3.8) is 0 Å². The molecule has 0 bridgehead atoms. The van der Waals surface area contributed by atoms with Crippen molar-refractivity contribution in [2.75, 3.05) is 26.3 Å². The Morgan fingerprint density at radius 1 is 1.07 bits per heavy atom. The lowest BCUT2D eigenvalue weighted by Gasteiger charge is -2.26. The molecule has 6 nitrogen and oxygen atoms in total. The van der Waals surface area contributed by atoms with Crippen LogP contribution >= 0.6 is 0 Å². The molecule has 1 heterocycles. The fourth-order valence-corrected chi connectivity index (χ4v) is 5.48. The molecular formula is C22H26N2O4S. The topological polar surface area (TPSA) is 75.7 Å². The Morgan fingerprint density at radius 3 is 2.55 bits per heavy atom. The van der Waals surface area contributed by atoms with E-state index in [1.54, 1.807) is 24.3 Å². The van der Waals surface area contributed by atoms with Gasteiger partial charge in [0.15, 0.2) is 0 Å². The number of benzene rings is 2. The maximum atomic E-state index is 12.7. The summed E-state index contributed by atoms with van der Waals surface area (Å²) in [6.07, 6.45) is 2.54. The summed E-state index contributed by atoms with van der Waals surface area (Å²) in [5.41, 5.74) is 3.52. The third-order valence-electron chi connectivity index (χ3n) is 5.71. The van der Waals surface area contributed by atoms with Gasteiger partial charge in [0.25, 0.3) is 0 Å². The summed E-state index contributed by atoms with van der Waals surface area (Å²) >= 11 is 0. The fraction of sp³-hybridized carbons (Fsp3) is 0.409. The third-order valence-corrected chi connectivity index (χ3v) is 7.62. The van der Waals surface area contributed by atoms with Crippen LogP contribution in [0.5, 0.6) is 0 Å². The van der Waals surface area contributed by atoms with Gasteiger partial charge in [-0.1, -0.05) is 36.4 Å². The Hall–Kier alpha value is -2.22. The molecule has 1 fully saturated rings. The van der Waals surface area contributed by atoms with Crippen molar-refractivity contribution in [1.29, 1.82) is 0 Å². The molecule has 1 unspecified atom stereocenters. The number of rotatable bonds is 6. The second-order valence-corrected chi connectivity index (χ2v) is 9.51. The van der Waals surface area contributed by atoms with Crippen LogP contribution in [0.3, 0.4) is 0 Å². The Morgan fingerprint density at radius 2 is 1.79 bits per heavy atom. The van der Waals surface area contributed by atoms with Gasteiger partial charge in [-0.3, -0.25) is 4.79 Å². The Kier molecular flexibility index (Phi) is 5.99. The fourth-order valence-electron chi connectivity index (χ4n) is 4.07. The molecule has 1 atom stereocenters. The van der Waals surface area contributed by atoms with E-state index >= 15 is 0 Å². The summed E-state index contributed by atoms with van der Waals surface area (Å²) in [6, 6.07) is 15.1. The van der Waals surface area contributed by atoms with E-state index < -0.39 is 10.0 Å². The van der Waals surface area contributed by atoms with Crippen molar-refractivity contribution in [2.24, 2.45) is 0 Å². The second-order valence-electron chi connectivity index (χ2n) is 7.58. The number of amides is 1. The van der Waals surface area contributed by atoms with Crippen LogP contribution in [0.2, 0.25) is 0 Å². The molecule has 0 saturated carbocycles. The standard InChI is InChI=1S/C22H26N2O4S/c25-22(15-19-8-7-18-3-1-2-4-21(18)19)23-16-17-5-9-20(10-6-17)29(26,27)24-11-13-28-14-12-24/h1-6,9-10,19H,7-8,11-16H2,(H,23,25). The highest BCUT2D eigenvalue weighted by molar-refractivity contribution is 7.89. The Labute approximate surface area is 171 Å². The number of nitrogens with zero attached hydrogens (tertiary/aromatic N) is 1. The molecule has 7 heteroatoms. The zero-order valence-corrected chi connectivity index (χ0v) is 17.2. The van der Waals surface area contributed by atoms with Gasteiger partial charge in [0.1, 0.15) is 0 Å². The first-order valence-corrected chi connectivity index (χ1v) is 11.5. The zero-order chi connectivity index (χ0) is 20.3. The number of hydrogen-bond donors (Lipinski definition) is 1. The Balaban J connectivity index is 1.32. The van der Waals surface area contributed by atoms with Crippen LogP contribution in [0.25, 0.3) is 0 Å². The van der Waals surface area contributed by atoms with E-state index in [1.165, 1.54) is 15.4 Å². The van der Waals surface area contributed by atoms with Crippen LogP contribution in [0.1, 0.15) is 35.4 Å². The van der Waals surface area contributed by atoms with Gasteiger partial charge in [-0.25, -0.2) is 8.42 Å². The molecule has 1 aliphatic heterocycles. The molecule has 29 heavy (non-hydrogen) atoms. The smallest absolute Gasteiger partial charge is 0.243 e. The number of carbonyl (C=O) groups excluding carboxylic acids is 1. The van der Waals surface area contributed by atoms with E-state index in [0.29, 0.717) is 39.3 Å². The minimum atomic E-state index is -3.49. The van der Waals surface area contributed by atoms with Gasteiger partial charge in [-0.15, -0.1) is 0 Å². The molecule has 0 aromatic heterocycles. The maximum absolute atomic E-state index is 12.7. The SMILES string of the molecule is O=C(CC1CCc2ccccc21)NCc1ccc(S(=O)(=O)N2CCOCC2)cc1. The van der Waals surface area contributed by atoms with Gasteiger partial charge in [0, 0.05) is 26.1 Å². The zero-order valence-electron chi connectivity index (χ0n) is 16.3. The average molecular weight is 415 g/mol.